The standard InChI is InChI=1S/C48H54O6/c49-29-33-17-21-35(22-18-33)31-53-45(51)25-27-47(41-13-5-1-9-37(41)38-10-2-6-14-42(38)47)48(28-26-46(52)54-32-36-23-19-34(30-50)20-24-36)43-15-7-3-11-39(43)40-12-4-8-16-44(40)48/h1-16,33-36,49-50H,17-32H2. The van der Waals surface area contributed by atoms with Gasteiger partial charge in [-0.3, -0.25) is 9.59 Å². The van der Waals surface area contributed by atoms with E-state index in [1.807, 2.05) is 0 Å². The van der Waals surface area contributed by atoms with Gasteiger partial charge in [-0.15, -0.1) is 0 Å². The molecule has 4 aromatic carbocycles. The van der Waals surface area contributed by atoms with Crippen LogP contribution in [0, 0.1) is 23.7 Å². The molecule has 0 heterocycles. The SMILES string of the molecule is O=C(CCC1(C2(CCC(=O)OCC3CCC(CO)CC3)c3ccccc3-c3ccccc32)c2ccccc2-c2ccccc21)OCC1CCC(CO)CC1. The lowest BCUT2D eigenvalue weighted by molar-refractivity contribution is -0.147. The molecule has 0 radical (unpaired) electrons. The average Bonchev–Trinajstić information content (AvgIpc) is 3.69. The number of rotatable bonds is 13. The molecule has 282 valence electrons. The maximum atomic E-state index is 13.9. The van der Waals surface area contributed by atoms with Crippen molar-refractivity contribution in [2.24, 2.45) is 23.7 Å². The van der Waals surface area contributed by atoms with Crippen LogP contribution in [0.15, 0.2) is 97.1 Å². The van der Waals surface area contributed by atoms with E-state index in [0.717, 1.165) is 51.4 Å². The number of esters is 2. The van der Waals surface area contributed by atoms with Crippen molar-refractivity contribution in [3.8, 4) is 22.3 Å². The molecule has 6 heteroatoms. The van der Waals surface area contributed by atoms with E-state index in [9.17, 15) is 19.8 Å². The summed E-state index contributed by atoms with van der Waals surface area (Å²) in [5, 5.41) is 19.2. The number of carbonyl (C=O) groups is 2. The van der Waals surface area contributed by atoms with Crippen LogP contribution in [0.25, 0.3) is 22.3 Å². The summed E-state index contributed by atoms with van der Waals surface area (Å²) in [5.74, 6) is 0.994. The molecule has 6 nitrogen and oxygen atoms in total. The van der Waals surface area contributed by atoms with Crippen molar-refractivity contribution < 1.29 is 29.3 Å². The highest BCUT2D eigenvalue weighted by Crippen LogP contribution is 2.68. The summed E-state index contributed by atoms with van der Waals surface area (Å²) >= 11 is 0. The Bertz CT molecular complexity index is 1720. The first-order chi connectivity index (χ1) is 26.5. The molecule has 2 fully saturated rings. The van der Waals surface area contributed by atoms with Crippen LogP contribution in [0.4, 0.5) is 0 Å². The summed E-state index contributed by atoms with van der Waals surface area (Å²) in [6.07, 6.45) is 9.30. The van der Waals surface area contributed by atoms with E-state index in [1.165, 1.54) is 44.5 Å². The van der Waals surface area contributed by atoms with Crippen LogP contribution in [0.2, 0.25) is 0 Å². The lowest BCUT2D eigenvalue weighted by Crippen LogP contribution is -2.49. The zero-order valence-electron chi connectivity index (χ0n) is 31.4. The van der Waals surface area contributed by atoms with Gasteiger partial charge in [0.05, 0.1) is 13.2 Å². The van der Waals surface area contributed by atoms with Gasteiger partial charge in [0.15, 0.2) is 0 Å². The molecule has 2 N–H and O–H groups in total. The molecule has 0 spiro atoms. The van der Waals surface area contributed by atoms with Crippen LogP contribution >= 0.6 is 0 Å². The molecule has 0 amide bonds. The van der Waals surface area contributed by atoms with Crippen LogP contribution in [0.3, 0.4) is 0 Å². The summed E-state index contributed by atoms with van der Waals surface area (Å²) in [4.78, 5) is 27.9. The number of aliphatic hydroxyl groups is 2. The molecular weight excluding hydrogens is 673 g/mol. The minimum absolute atomic E-state index is 0.189. The zero-order valence-corrected chi connectivity index (χ0v) is 31.4. The Morgan fingerprint density at radius 3 is 1.04 bits per heavy atom. The summed E-state index contributed by atoms with van der Waals surface area (Å²) in [6, 6.07) is 34.6. The van der Waals surface area contributed by atoms with Crippen molar-refractivity contribution in [3.63, 3.8) is 0 Å². The van der Waals surface area contributed by atoms with Crippen molar-refractivity contribution in [3.05, 3.63) is 119 Å². The minimum Gasteiger partial charge on any atom is -0.465 e. The third-order valence-corrected chi connectivity index (χ3v) is 13.7. The Labute approximate surface area is 319 Å². The fourth-order valence-electron chi connectivity index (χ4n) is 10.8. The number of ether oxygens (including phenoxy) is 2. The molecule has 0 bridgehead atoms. The van der Waals surface area contributed by atoms with Gasteiger partial charge in [-0.05, 0) is 132 Å². The fourth-order valence-corrected chi connectivity index (χ4v) is 10.8. The molecule has 2 saturated carbocycles. The van der Waals surface area contributed by atoms with Crippen LogP contribution in [0.5, 0.6) is 0 Å². The third kappa shape index (κ3) is 6.49. The molecule has 0 aromatic heterocycles. The van der Waals surface area contributed by atoms with E-state index in [4.69, 9.17) is 9.47 Å². The van der Waals surface area contributed by atoms with E-state index in [0.29, 0.717) is 49.7 Å². The monoisotopic (exact) mass is 726 g/mol. The zero-order chi connectivity index (χ0) is 37.1. The number of hydrogen-bond donors (Lipinski definition) is 2. The normalized spacial score (nSPS) is 23.1. The Morgan fingerprint density at radius 1 is 0.463 bits per heavy atom. The average molecular weight is 727 g/mol. The first-order valence-electron chi connectivity index (χ1n) is 20.4. The molecule has 4 aromatic rings. The maximum Gasteiger partial charge on any atom is 0.305 e. The molecule has 0 saturated heterocycles. The maximum absolute atomic E-state index is 13.9. The highest BCUT2D eigenvalue weighted by molar-refractivity contribution is 5.89. The van der Waals surface area contributed by atoms with Crippen LogP contribution in [0.1, 0.15) is 99.3 Å². The van der Waals surface area contributed by atoms with Gasteiger partial charge < -0.3 is 19.7 Å². The smallest absolute Gasteiger partial charge is 0.305 e. The number of aliphatic hydroxyl groups excluding tert-OH is 2. The van der Waals surface area contributed by atoms with Crippen LogP contribution in [-0.4, -0.2) is 48.6 Å². The van der Waals surface area contributed by atoms with Gasteiger partial charge in [0, 0.05) is 36.9 Å². The summed E-state index contributed by atoms with van der Waals surface area (Å²) in [6.45, 7) is 1.30. The van der Waals surface area contributed by atoms with Crippen molar-refractivity contribution in [1.29, 1.82) is 0 Å². The van der Waals surface area contributed by atoms with Crippen LogP contribution in [-0.2, 0) is 29.9 Å². The predicted octanol–water partition coefficient (Wildman–Crippen LogP) is 9.16. The van der Waals surface area contributed by atoms with Crippen LogP contribution < -0.4 is 0 Å². The third-order valence-electron chi connectivity index (χ3n) is 13.7. The molecule has 4 aliphatic carbocycles. The predicted molar refractivity (Wildman–Crippen MR) is 211 cm³/mol. The van der Waals surface area contributed by atoms with Gasteiger partial charge in [0.1, 0.15) is 0 Å². The minimum atomic E-state index is -0.690. The van der Waals surface area contributed by atoms with E-state index in [-0.39, 0.29) is 38.0 Å². The number of hydrogen-bond acceptors (Lipinski definition) is 6. The molecule has 4 aliphatic rings. The second-order valence-electron chi connectivity index (χ2n) is 16.5. The lowest BCUT2D eigenvalue weighted by Gasteiger charge is -2.50. The van der Waals surface area contributed by atoms with E-state index in [1.54, 1.807) is 0 Å². The summed E-state index contributed by atoms with van der Waals surface area (Å²) < 4.78 is 12.2. The lowest BCUT2D eigenvalue weighted by atomic mass is 9.51. The summed E-state index contributed by atoms with van der Waals surface area (Å²) in [5.41, 5.74) is 8.03. The van der Waals surface area contributed by atoms with Crippen molar-refractivity contribution in [2.75, 3.05) is 26.4 Å². The van der Waals surface area contributed by atoms with Gasteiger partial charge in [0.2, 0.25) is 0 Å². The van der Waals surface area contributed by atoms with Gasteiger partial charge in [-0.1, -0.05) is 97.1 Å². The quantitative estimate of drug-likeness (QED) is 0.134. The van der Waals surface area contributed by atoms with Crippen molar-refractivity contribution >= 4 is 11.9 Å². The van der Waals surface area contributed by atoms with Crippen molar-refractivity contribution in [2.45, 2.75) is 87.9 Å². The van der Waals surface area contributed by atoms with E-state index in [2.05, 4.69) is 97.1 Å². The Kier molecular flexibility index (Phi) is 10.8. The Morgan fingerprint density at radius 2 is 0.741 bits per heavy atom. The van der Waals surface area contributed by atoms with Gasteiger partial charge >= 0.3 is 11.9 Å². The number of carbonyl (C=O) groups excluding carboxylic acids is 2. The molecule has 0 unspecified atom stereocenters. The highest BCUT2D eigenvalue weighted by Gasteiger charge is 2.62. The molecular formula is C48H54O6. The molecule has 54 heavy (non-hydrogen) atoms. The molecule has 8 rings (SSSR count). The van der Waals surface area contributed by atoms with Gasteiger partial charge in [-0.25, -0.2) is 0 Å². The second-order valence-corrected chi connectivity index (χ2v) is 16.5. The molecule has 0 aliphatic heterocycles. The first-order valence-corrected chi connectivity index (χ1v) is 20.4. The highest BCUT2D eigenvalue weighted by atomic mass is 16.5. The Balaban J connectivity index is 1.17. The van der Waals surface area contributed by atoms with Crippen molar-refractivity contribution in [1.82, 2.24) is 0 Å². The number of benzene rings is 4. The topological polar surface area (TPSA) is 93.1 Å². The molecule has 0 atom stereocenters. The van der Waals surface area contributed by atoms with Gasteiger partial charge in [-0.2, -0.15) is 0 Å². The van der Waals surface area contributed by atoms with Gasteiger partial charge in [0.25, 0.3) is 0 Å². The van der Waals surface area contributed by atoms with E-state index < -0.39 is 10.8 Å². The second kappa shape index (κ2) is 15.8. The Hall–Kier alpha value is -4.26. The largest absolute Gasteiger partial charge is 0.465 e. The summed E-state index contributed by atoms with van der Waals surface area (Å²) in [7, 11) is 0. The number of fused-ring (bicyclic) bond motifs is 6. The fraction of sp³-hybridized carbons (Fsp3) is 0.458. The first kappa shape index (κ1) is 36.7. The van der Waals surface area contributed by atoms with E-state index >= 15 is 0 Å².